The predicted molar refractivity (Wildman–Crippen MR) is 124 cm³/mol. The topological polar surface area (TPSA) is 79.4 Å². The Balaban J connectivity index is 1.46. The summed E-state index contributed by atoms with van der Waals surface area (Å²) in [7, 11) is -1.92. The first-order chi connectivity index (χ1) is 14.5. The van der Waals surface area contributed by atoms with E-state index in [2.05, 4.69) is 59.4 Å². The van der Waals surface area contributed by atoms with Gasteiger partial charge in [-0.2, -0.15) is 0 Å². The normalized spacial score (nSPS) is 15.5. The Hall–Kier alpha value is -2.68. The predicted octanol–water partition coefficient (Wildman–Crippen LogP) is 4.79. The van der Waals surface area contributed by atoms with Crippen molar-refractivity contribution >= 4 is 26.0 Å². The molecule has 0 saturated carbocycles. The lowest BCUT2D eigenvalue weighted by molar-refractivity contribution is 0.246. The van der Waals surface area contributed by atoms with Gasteiger partial charge in [-0.25, -0.2) is 19.2 Å². The Labute approximate surface area is 184 Å². The summed E-state index contributed by atoms with van der Waals surface area (Å²) < 4.78 is 19.3. The number of carbonyl (C=O) groups excluding carboxylic acids is 1. The van der Waals surface area contributed by atoms with E-state index in [-0.39, 0.29) is 22.9 Å². The minimum Gasteiger partial charge on any atom is -0.542 e. The van der Waals surface area contributed by atoms with Gasteiger partial charge in [0.25, 0.3) is 8.32 Å². The molecule has 2 amide bonds. The summed E-state index contributed by atoms with van der Waals surface area (Å²) in [6.45, 7) is 12.4. The minimum absolute atomic E-state index is 0.0675. The van der Waals surface area contributed by atoms with E-state index in [4.69, 9.17) is 4.43 Å². The van der Waals surface area contributed by atoms with E-state index in [9.17, 15) is 9.18 Å². The van der Waals surface area contributed by atoms with E-state index in [0.29, 0.717) is 5.82 Å². The van der Waals surface area contributed by atoms with Crippen LogP contribution in [0.5, 0.6) is 5.75 Å². The van der Waals surface area contributed by atoms with E-state index < -0.39 is 8.32 Å². The molecule has 0 atom stereocenters. The molecule has 1 fully saturated rings. The van der Waals surface area contributed by atoms with Crippen LogP contribution in [0, 0.1) is 5.82 Å². The van der Waals surface area contributed by atoms with Gasteiger partial charge in [-0.15, -0.1) is 0 Å². The average Bonchev–Trinajstić information content (AvgIpc) is 2.70. The second-order valence-corrected chi connectivity index (χ2v) is 14.2. The number of aromatic nitrogens is 2. The lowest BCUT2D eigenvalue weighted by atomic mass is 10.1. The van der Waals surface area contributed by atoms with Crippen LogP contribution in [0.4, 0.5) is 20.8 Å². The number of hydrogen-bond acceptors (Lipinski definition) is 5. The van der Waals surface area contributed by atoms with Crippen LogP contribution in [0.25, 0.3) is 0 Å². The zero-order valence-corrected chi connectivity index (χ0v) is 19.9. The largest absolute Gasteiger partial charge is 0.542 e. The molecule has 0 spiro atoms. The molecule has 9 heteroatoms. The van der Waals surface area contributed by atoms with Crippen LogP contribution in [0.15, 0.2) is 36.7 Å². The summed E-state index contributed by atoms with van der Waals surface area (Å²) in [5, 5.41) is 5.89. The summed E-state index contributed by atoms with van der Waals surface area (Å²) >= 11 is 0. The van der Waals surface area contributed by atoms with Crippen LogP contribution in [0.3, 0.4) is 0 Å². The van der Waals surface area contributed by atoms with Crippen LogP contribution >= 0.6 is 0 Å². The Morgan fingerprint density at radius 1 is 1.13 bits per heavy atom. The number of pyridine rings is 2. The van der Waals surface area contributed by atoms with E-state index in [1.807, 2.05) is 6.07 Å². The Bertz CT molecular complexity index is 876. The van der Waals surface area contributed by atoms with Gasteiger partial charge >= 0.3 is 6.03 Å². The maximum absolute atomic E-state index is 13.0. The molecule has 168 valence electrons. The van der Waals surface area contributed by atoms with Crippen molar-refractivity contribution in [2.75, 3.05) is 23.3 Å². The number of amides is 2. The van der Waals surface area contributed by atoms with E-state index >= 15 is 0 Å². The number of nitrogens with one attached hydrogen (secondary N) is 2. The molecule has 2 N–H and O–H groups in total. The average molecular weight is 446 g/mol. The van der Waals surface area contributed by atoms with Gasteiger partial charge in [-0.05, 0) is 55.2 Å². The highest BCUT2D eigenvalue weighted by Gasteiger charge is 2.39. The highest BCUT2D eigenvalue weighted by atomic mass is 28.4. The maximum atomic E-state index is 13.0. The van der Waals surface area contributed by atoms with Crippen molar-refractivity contribution in [3.05, 3.63) is 42.5 Å². The second kappa shape index (κ2) is 9.21. The van der Waals surface area contributed by atoms with Crippen LogP contribution < -0.4 is 20.0 Å². The lowest BCUT2D eigenvalue weighted by Gasteiger charge is -2.36. The summed E-state index contributed by atoms with van der Waals surface area (Å²) in [4.78, 5) is 22.9. The molecule has 0 unspecified atom stereocenters. The zero-order chi connectivity index (χ0) is 22.6. The van der Waals surface area contributed by atoms with Gasteiger partial charge in [0.1, 0.15) is 23.2 Å². The number of rotatable bonds is 5. The number of piperidine rings is 1. The summed E-state index contributed by atoms with van der Waals surface area (Å²) in [6, 6.07) is 6.49. The van der Waals surface area contributed by atoms with Gasteiger partial charge in [0, 0.05) is 19.1 Å². The van der Waals surface area contributed by atoms with Gasteiger partial charge in [0.15, 0.2) is 0 Å². The Morgan fingerprint density at radius 2 is 1.84 bits per heavy atom. The zero-order valence-electron chi connectivity index (χ0n) is 18.9. The van der Waals surface area contributed by atoms with Gasteiger partial charge in [0.2, 0.25) is 0 Å². The summed E-state index contributed by atoms with van der Waals surface area (Å²) in [6.07, 6.45) is 4.46. The van der Waals surface area contributed by atoms with Crippen molar-refractivity contribution in [1.82, 2.24) is 15.3 Å². The first-order valence-electron chi connectivity index (χ1n) is 10.6. The first kappa shape index (κ1) is 23.0. The van der Waals surface area contributed by atoms with E-state index in [1.165, 1.54) is 12.3 Å². The fourth-order valence-electron chi connectivity index (χ4n) is 3.11. The van der Waals surface area contributed by atoms with Crippen molar-refractivity contribution in [2.24, 2.45) is 0 Å². The quantitative estimate of drug-likeness (QED) is 0.647. The molecule has 0 aromatic carbocycles. The standard InChI is InChI=1S/C22H32FN5O2Si/c1-22(2,3)31(4,5)30-18-7-8-19(24-15-18)27-21(29)26-17-10-12-28(13-11-17)20-9-6-16(23)14-25-20/h6-9,14-15,17H,10-13H2,1-5H3,(H2,24,26,27,29). The van der Waals surface area contributed by atoms with Crippen molar-refractivity contribution < 1.29 is 13.6 Å². The highest BCUT2D eigenvalue weighted by Crippen LogP contribution is 2.37. The summed E-state index contributed by atoms with van der Waals surface area (Å²) in [5.74, 6) is 1.62. The molecule has 0 bridgehead atoms. The van der Waals surface area contributed by atoms with Crippen LogP contribution in [-0.2, 0) is 0 Å². The van der Waals surface area contributed by atoms with Crippen LogP contribution in [-0.4, -0.2) is 43.4 Å². The molecule has 1 aliphatic heterocycles. The fraction of sp³-hybridized carbons (Fsp3) is 0.500. The molecule has 7 nitrogen and oxygen atoms in total. The summed E-state index contributed by atoms with van der Waals surface area (Å²) in [5.41, 5.74) is 0. The third kappa shape index (κ3) is 6.16. The second-order valence-electron chi connectivity index (χ2n) is 9.44. The number of hydrogen-bond donors (Lipinski definition) is 2. The molecule has 0 radical (unpaired) electrons. The molecule has 2 aromatic rings. The van der Waals surface area contributed by atoms with Crippen LogP contribution in [0.2, 0.25) is 18.1 Å². The fourth-order valence-corrected chi connectivity index (χ4v) is 4.12. The van der Waals surface area contributed by atoms with Crippen molar-refractivity contribution in [2.45, 2.75) is 57.8 Å². The van der Waals surface area contributed by atoms with Crippen molar-refractivity contribution in [3.8, 4) is 5.75 Å². The third-order valence-corrected chi connectivity index (χ3v) is 10.4. The number of halogens is 1. The number of urea groups is 1. The molecule has 3 heterocycles. The number of carbonyl (C=O) groups is 1. The van der Waals surface area contributed by atoms with Crippen molar-refractivity contribution in [3.63, 3.8) is 0 Å². The monoisotopic (exact) mass is 445 g/mol. The molecular weight excluding hydrogens is 413 g/mol. The first-order valence-corrected chi connectivity index (χ1v) is 13.5. The Kier molecular flexibility index (Phi) is 6.83. The minimum atomic E-state index is -1.92. The Morgan fingerprint density at radius 3 is 2.39 bits per heavy atom. The van der Waals surface area contributed by atoms with Gasteiger partial charge in [-0.1, -0.05) is 20.8 Å². The maximum Gasteiger partial charge on any atom is 0.320 e. The number of nitrogens with zero attached hydrogens (tertiary/aromatic N) is 3. The van der Waals surface area contributed by atoms with Gasteiger partial charge in [0.05, 0.1) is 12.4 Å². The SMILES string of the molecule is CC(C)(C)[Si](C)(C)Oc1ccc(NC(=O)NC2CCN(c3ccc(F)cn3)CC2)nc1. The molecule has 1 saturated heterocycles. The van der Waals surface area contributed by atoms with Crippen molar-refractivity contribution in [1.29, 1.82) is 0 Å². The van der Waals surface area contributed by atoms with Gasteiger partial charge < -0.3 is 14.6 Å². The van der Waals surface area contributed by atoms with Gasteiger partial charge in [-0.3, -0.25) is 5.32 Å². The molecule has 0 aliphatic carbocycles. The molecule has 1 aliphatic rings. The van der Waals surface area contributed by atoms with E-state index in [0.717, 1.165) is 37.5 Å². The van der Waals surface area contributed by atoms with E-state index in [1.54, 1.807) is 18.3 Å². The highest BCUT2D eigenvalue weighted by molar-refractivity contribution is 6.74. The lowest BCUT2D eigenvalue weighted by Crippen LogP contribution is -2.46. The molecule has 2 aromatic heterocycles. The molecular formula is C22H32FN5O2Si. The van der Waals surface area contributed by atoms with Crippen LogP contribution in [0.1, 0.15) is 33.6 Å². The number of anilines is 2. The smallest absolute Gasteiger partial charge is 0.320 e. The third-order valence-electron chi connectivity index (χ3n) is 6.02. The molecule has 3 rings (SSSR count). The molecule has 31 heavy (non-hydrogen) atoms.